The first-order chi connectivity index (χ1) is 17.1. The summed E-state index contributed by atoms with van der Waals surface area (Å²) >= 11 is 6.08. The number of nitrogens with one attached hydrogen (secondary N) is 1. The predicted octanol–water partition coefficient (Wildman–Crippen LogP) is 5.09. The van der Waals surface area contributed by atoms with Crippen LogP contribution in [-0.2, 0) is 14.8 Å². The number of esters is 1. The minimum Gasteiger partial charge on any atom is -0.495 e. The number of amides is 1. The summed E-state index contributed by atoms with van der Waals surface area (Å²) in [6.45, 7) is 4.13. The van der Waals surface area contributed by atoms with Gasteiger partial charge in [-0.3, -0.25) is 9.10 Å². The number of halogens is 1. The molecular weight excluding hydrogens is 504 g/mol. The van der Waals surface area contributed by atoms with Gasteiger partial charge >= 0.3 is 5.97 Å². The summed E-state index contributed by atoms with van der Waals surface area (Å²) in [4.78, 5) is 24.8. The maximum atomic E-state index is 13.6. The number of anilines is 2. The summed E-state index contributed by atoms with van der Waals surface area (Å²) in [6, 6.07) is 15.7. The SMILES string of the molecule is CCOC(=O)c1ccc(NC(=O)c2ccc3c(c2)N(S(=O)(=O)c2cc(Cl)ccc2OC)CC3C)cc1. The van der Waals surface area contributed by atoms with E-state index < -0.39 is 21.9 Å². The standard InChI is InChI=1S/C26H25ClN2O6S/c1-4-35-26(31)17-5-9-20(10-6-17)28-25(30)18-7-11-21-16(2)15-29(22(21)13-18)36(32,33)24-14-19(27)8-12-23(24)34-3/h5-14,16H,4,15H2,1-3H3,(H,28,30). The highest BCUT2D eigenvalue weighted by Crippen LogP contribution is 2.42. The van der Waals surface area contributed by atoms with Gasteiger partial charge in [-0.15, -0.1) is 0 Å². The summed E-state index contributed by atoms with van der Waals surface area (Å²) < 4.78 is 38.8. The van der Waals surface area contributed by atoms with Gasteiger partial charge in [-0.2, -0.15) is 0 Å². The minimum absolute atomic E-state index is 0.0471. The minimum atomic E-state index is -4.02. The van der Waals surface area contributed by atoms with Crippen LogP contribution in [0.2, 0.25) is 5.02 Å². The fourth-order valence-corrected chi connectivity index (χ4v) is 6.06. The van der Waals surface area contributed by atoms with Crippen LogP contribution < -0.4 is 14.4 Å². The topological polar surface area (TPSA) is 102 Å². The Balaban J connectivity index is 1.62. The molecule has 188 valence electrons. The van der Waals surface area contributed by atoms with Gasteiger partial charge in [0.05, 0.1) is 25.0 Å². The molecule has 1 heterocycles. The van der Waals surface area contributed by atoms with Crippen molar-refractivity contribution in [3.63, 3.8) is 0 Å². The molecule has 36 heavy (non-hydrogen) atoms. The van der Waals surface area contributed by atoms with Gasteiger partial charge in [0.15, 0.2) is 0 Å². The van der Waals surface area contributed by atoms with Crippen LogP contribution in [0.25, 0.3) is 0 Å². The molecule has 0 aliphatic carbocycles. The van der Waals surface area contributed by atoms with Gasteiger partial charge in [-0.05, 0) is 67.1 Å². The normalized spacial score (nSPS) is 14.8. The first-order valence-corrected chi connectivity index (χ1v) is 13.1. The number of nitrogens with zero attached hydrogens (tertiary/aromatic N) is 1. The molecule has 0 aromatic heterocycles. The highest BCUT2D eigenvalue weighted by molar-refractivity contribution is 7.93. The van der Waals surface area contributed by atoms with Gasteiger partial charge in [0, 0.05) is 28.7 Å². The van der Waals surface area contributed by atoms with Crippen molar-refractivity contribution in [1.29, 1.82) is 0 Å². The highest BCUT2D eigenvalue weighted by Gasteiger charge is 2.37. The molecule has 3 aromatic carbocycles. The third kappa shape index (κ3) is 4.89. The van der Waals surface area contributed by atoms with Crippen LogP contribution in [0.15, 0.2) is 65.6 Å². The van der Waals surface area contributed by atoms with Crippen molar-refractivity contribution in [2.45, 2.75) is 24.7 Å². The molecule has 3 aromatic rings. The third-order valence-corrected chi connectivity index (χ3v) is 7.92. The van der Waals surface area contributed by atoms with Crippen LogP contribution in [0.4, 0.5) is 11.4 Å². The molecule has 0 spiro atoms. The van der Waals surface area contributed by atoms with E-state index in [-0.39, 0.29) is 40.3 Å². The molecular formula is C26H25ClN2O6S. The molecule has 0 radical (unpaired) electrons. The van der Waals surface area contributed by atoms with Crippen molar-refractivity contribution in [2.24, 2.45) is 0 Å². The van der Waals surface area contributed by atoms with Crippen LogP contribution in [0.3, 0.4) is 0 Å². The zero-order valence-electron chi connectivity index (χ0n) is 19.9. The molecule has 0 saturated carbocycles. The second-order valence-electron chi connectivity index (χ2n) is 8.26. The van der Waals surface area contributed by atoms with Crippen molar-refractivity contribution in [2.75, 3.05) is 29.9 Å². The van der Waals surface area contributed by atoms with Crippen molar-refractivity contribution in [3.05, 3.63) is 82.4 Å². The predicted molar refractivity (Wildman–Crippen MR) is 138 cm³/mol. The Bertz CT molecular complexity index is 1420. The zero-order valence-corrected chi connectivity index (χ0v) is 21.5. The number of carbonyl (C=O) groups is 2. The Kier molecular flexibility index (Phi) is 7.23. The van der Waals surface area contributed by atoms with E-state index in [2.05, 4.69) is 5.32 Å². The fraction of sp³-hybridized carbons (Fsp3) is 0.231. The molecule has 1 aliphatic rings. The number of fused-ring (bicyclic) bond motifs is 1. The summed E-state index contributed by atoms with van der Waals surface area (Å²) in [7, 11) is -2.63. The highest BCUT2D eigenvalue weighted by atomic mass is 35.5. The van der Waals surface area contributed by atoms with Crippen LogP contribution >= 0.6 is 11.6 Å². The van der Waals surface area contributed by atoms with Gasteiger partial charge < -0.3 is 14.8 Å². The van der Waals surface area contributed by atoms with E-state index in [1.807, 2.05) is 6.92 Å². The number of benzene rings is 3. The molecule has 0 fully saturated rings. The first-order valence-electron chi connectivity index (χ1n) is 11.2. The quantitative estimate of drug-likeness (QED) is 0.428. The Labute approximate surface area is 214 Å². The van der Waals surface area contributed by atoms with Gasteiger partial charge in [0.1, 0.15) is 10.6 Å². The molecule has 1 N–H and O–H groups in total. The third-order valence-electron chi connectivity index (χ3n) is 5.88. The lowest BCUT2D eigenvalue weighted by molar-refractivity contribution is 0.0526. The first kappa shape index (κ1) is 25.5. The molecule has 1 unspecified atom stereocenters. The monoisotopic (exact) mass is 528 g/mol. The smallest absolute Gasteiger partial charge is 0.338 e. The lowest BCUT2D eigenvalue weighted by Gasteiger charge is -2.22. The van der Waals surface area contributed by atoms with E-state index in [9.17, 15) is 18.0 Å². The van der Waals surface area contributed by atoms with Gasteiger partial charge in [-0.25, -0.2) is 13.2 Å². The van der Waals surface area contributed by atoms with Gasteiger partial charge in [-0.1, -0.05) is 24.6 Å². The van der Waals surface area contributed by atoms with Crippen LogP contribution in [0.1, 0.15) is 46.0 Å². The number of methoxy groups -OCH3 is 1. The van der Waals surface area contributed by atoms with Crippen LogP contribution in [-0.4, -0.2) is 40.6 Å². The Morgan fingerprint density at radius 2 is 1.75 bits per heavy atom. The van der Waals surface area contributed by atoms with E-state index in [4.69, 9.17) is 21.1 Å². The molecule has 4 rings (SSSR count). The summed E-state index contributed by atoms with van der Waals surface area (Å²) in [5.41, 5.74) is 2.38. The summed E-state index contributed by atoms with van der Waals surface area (Å²) in [6.07, 6.45) is 0. The van der Waals surface area contributed by atoms with Crippen LogP contribution in [0, 0.1) is 0 Å². The summed E-state index contributed by atoms with van der Waals surface area (Å²) in [5.74, 6) is -0.757. The molecule has 10 heteroatoms. The molecule has 0 saturated heterocycles. The number of hydrogen-bond donors (Lipinski definition) is 1. The van der Waals surface area contributed by atoms with Crippen molar-refractivity contribution >= 4 is 44.9 Å². The van der Waals surface area contributed by atoms with Crippen molar-refractivity contribution in [3.8, 4) is 5.75 Å². The van der Waals surface area contributed by atoms with Gasteiger partial charge in [0.2, 0.25) is 0 Å². The average Bonchev–Trinajstić information content (AvgIpc) is 3.21. The number of sulfonamides is 1. The van der Waals surface area contributed by atoms with Gasteiger partial charge in [0.25, 0.3) is 15.9 Å². The average molecular weight is 529 g/mol. The van der Waals surface area contributed by atoms with E-state index in [1.54, 1.807) is 55.5 Å². The fourth-order valence-electron chi connectivity index (χ4n) is 4.07. The number of carbonyl (C=O) groups excluding carboxylic acids is 2. The lowest BCUT2D eigenvalue weighted by Crippen LogP contribution is -2.30. The van der Waals surface area contributed by atoms with E-state index in [0.717, 1.165) is 5.56 Å². The molecule has 1 atom stereocenters. The van der Waals surface area contributed by atoms with E-state index in [0.29, 0.717) is 16.9 Å². The van der Waals surface area contributed by atoms with E-state index >= 15 is 0 Å². The van der Waals surface area contributed by atoms with Crippen LogP contribution in [0.5, 0.6) is 5.75 Å². The maximum Gasteiger partial charge on any atom is 0.338 e. The Morgan fingerprint density at radius 1 is 1.06 bits per heavy atom. The Morgan fingerprint density at radius 3 is 2.42 bits per heavy atom. The molecule has 1 aliphatic heterocycles. The molecule has 8 nitrogen and oxygen atoms in total. The largest absolute Gasteiger partial charge is 0.495 e. The van der Waals surface area contributed by atoms with E-state index in [1.165, 1.54) is 23.5 Å². The number of ether oxygens (including phenoxy) is 2. The lowest BCUT2D eigenvalue weighted by atomic mass is 10.0. The van der Waals surface area contributed by atoms with Crippen molar-refractivity contribution < 1.29 is 27.5 Å². The second-order valence-corrected chi connectivity index (χ2v) is 10.5. The van der Waals surface area contributed by atoms with Crippen molar-refractivity contribution in [1.82, 2.24) is 0 Å². The number of hydrogen-bond acceptors (Lipinski definition) is 6. The maximum absolute atomic E-state index is 13.6. The Hall–Kier alpha value is -3.56. The molecule has 1 amide bonds. The summed E-state index contributed by atoms with van der Waals surface area (Å²) in [5, 5.41) is 3.04. The molecule has 0 bridgehead atoms. The zero-order chi connectivity index (χ0) is 26.0. The number of rotatable bonds is 7. The second kappa shape index (κ2) is 10.2.